The summed E-state index contributed by atoms with van der Waals surface area (Å²) in [7, 11) is 1.42. The highest BCUT2D eigenvalue weighted by molar-refractivity contribution is 6.42. The predicted octanol–water partition coefficient (Wildman–Crippen LogP) is 5.06. The molecule has 1 heterocycles. The van der Waals surface area contributed by atoms with Crippen LogP contribution in [0.3, 0.4) is 0 Å². The van der Waals surface area contributed by atoms with Crippen molar-refractivity contribution >= 4 is 63.2 Å². The van der Waals surface area contributed by atoms with E-state index in [-0.39, 0.29) is 11.4 Å². The van der Waals surface area contributed by atoms with E-state index in [9.17, 15) is 18.8 Å². The number of carbonyl (C=O) groups excluding carboxylic acids is 3. The molecular weight excluding hydrogens is 498 g/mol. The van der Waals surface area contributed by atoms with E-state index in [1.165, 1.54) is 49.6 Å². The number of hydrogen-bond acceptors (Lipinski definition) is 4. The number of methoxy groups -OCH3 is 1. The summed E-state index contributed by atoms with van der Waals surface area (Å²) in [4.78, 5) is 38.3. The van der Waals surface area contributed by atoms with Crippen molar-refractivity contribution in [3.8, 4) is 5.75 Å². The van der Waals surface area contributed by atoms with E-state index in [1.54, 1.807) is 18.2 Å². The Kier molecular flexibility index (Phi) is 6.90. The Bertz CT molecular complexity index is 1450. The molecule has 8 nitrogen and oxygen atoms in total. The van der Waals surface area contributed by atoms with Gasteiger partial charge in [0.05, 0.1) is 12.8 Å². The van der Waals surface area contributed by atoms with Gasteiger partial charge in [-0.3, -0.25) is 19.8 Å². The quantitative estimate of drug-likeness (QED) is 0.324. The van der Waals surface area contributed by atoms with E-state index in [0.29, 0.717) is 32.4 Å². The summed E-state index contributed by atoms with van der Waals surface area (Å²) in [5, 5.41) is 6.03. The number of carbonyl (C=O) groups is 3. The summed E-state index contributed by atoms with van der Waals surface area (Å²) in [5.74, 6) is -3.28. The Morgan fingerprint density at radius 1 is 0.886 bits per heavy atom. The van der Waals surface area contributed by atoms with Gasteiger partial charge in [-0.15, -0.1) is 0 Å². The minimum Gasteiger partial charge on any atom is -0.494 e. The van der Waals surface area contributed by atoms with Crippen molar-refractivity contribution in [3.05, 3.63) is 88.3 Å². The van der Waals surface area contributed by atoms with Gasteiger partial charge >= 0.3 is 11.8 Å². The molecule has 0 fully saturated rings. The van der Waals surface area contributed by atoms with E-state index in [2.05, 4.69) is 16.1 Å². The first-order chi connectivity index (χ1) is 16.8. The van der Waals surface area contributed by atoms with Crippen molar-refractivity contribution in [2.45, 2.75) is 0 Å². The first kappa shape index (κ1) is 24.1. The van der Waals surface area contributed by atoms with Crippen LogP contribution in [-0.4, -0.2) is 29.5 Å². The minimum atomic E-state index is -1.14. The number of aromatic nitrogens is 1. The normalized spacial score (nSPS) is 10.6. The summed E-state index contributed by atoms with van der Waals surface area (Å²) in [5.41, 5.74) is 2.85. The fourth-order valence-electron chi connectivity index (χ4n) is 3.39. The monoisotopic (exact) mass is 514 g/mol. The van der Waals surface area contributed by atoms with E-state index < -0.39 is 23.5 Å². The minimum absolute atomic E-state index is 0.0207. The van der Waals surface area contributed by atoms with Crippen molar-refractivity contribution in [2.75, 3.05) is 23.2 Å². The van der Waals surface area contributed by atoms with Crippen LogP contribution in [0.4, 0.5) is 15.8 Å². The molecule has 4 aromatic rings. The van der Waals surface area contributed by atoms with Gasteiger partial charge in [0.25, 0.3) is 5.91 Å². The molecule has 0 radical (unpaired) electrons. The second-order valence-electron chi connectivity index (χ2n) is 7.25. The highest BCUT2D eigenvalue weighted by Gasteiger charge is 2.23. The van der Waals surface area contributed by atoms with Gasteiger partial charge in [0, 0.05) is 21.1 Å². The molecule has 3 aromatic carbocycles. The van der Waals surface area contributed by atoms with Gasteiger partial charge in [0.2, 0.25) is 0 Å². The number of hydrogen-bond donors (Lipinski definition) is 3. The molecule has 11 heteroatoms. The van der Waals surface area contributed by atoms with Gasteiger partial charge in [-0.05, 0) is 42.5 Å². The molecule has 3 N–H and O–H groups in total. The number of halogens is 3. The zero-order valence-electron chi connectivity index (χ0n) is 18.1. The van der Waals surface area contributed by atoms with Gasteiger partial charge in [-0.2, -0.15) is 0 Å². The lowest BCUT2D eigenvalue weighted by Gasteiger charge is -2.14. The van der Waals surface area contributed by atoms with Crippen LogP contribution in [0, 0.1) is 5.82 Å². The lowest BCUT2D eigenvalue weighted by atomic mass is 10.2. The SMILES string of the molecule is COc1cccc2cc(C(=O)Nc3cc(Cl)cc(Cl)c3)n(NC(=O)C(=O)Nc3ccccc3F)c12. The second-order valence-corrected chi connectivity index (χ2v) is 8.12. The number of rotatable bonds is 5. The van der Waals surface area contributed by atoms with Crippen molar-refractivity contribution in [1.29, 1.82) is 0 Å². The number of para-hydroxylation sites is 2. The largest absolute Gasteiger partial charge is 0.494 e. The molecule has 0 aliphatic rings. The van der Waals surface area contributed by atoms with Crippen LogP contribution >= 0.6 is 23.2 Å². The molecule has 4 rings (SSSR count). The Labute approximate surface area is 208 Å². The maximum Gasteiger partial charge on any atom is 0.328 e. The maximum atomic E-state index is 13.9. The standard InChI is InChI=1S/C24H17Cl2FN4O4/c1-35-20-8-4-5-13-9-19(22(32)28-16-11-14(25)10-15(26)12-16)31(21(13)20)30-24(34)23(33)29-18-7-3-2-6-17(18)27/h2-12H,1H3,(H,28,32)(H,29,33)(H,30,34). The molecule has 178 valence electrons. The van der Waals surface area contributed by atoms with Gasteiger partial charge in [-0.1, -0.05) is 47.5 Å². The third-order valence-electron chi connectivity index (χ3n) is 4.90. The molecule has 0 aliphatic heterocycles. The Hall–Kier alpha value is -4.08. The third kappa shape index (κ3) is 5.21. The summed E-state index contributed by atoms with van der Waals surface area (Å²) >= 11 is 12.0. The lowest BCUT2D eigenvalue weighted by molar-refractivity contribution is -0.133. The first-order valence-electron chi connectivity index (χ1n) is 10.1. The van der Waals surface area contributed by atoms with Crippen molar-refractivity contribution in [2.24, 2.45) is 0 Å². The molecule has 0 saturated heterocycles. The second kappa shape index (κ2) is 10.0. The Balaban J connectivity index is 1.69. The highest BCUT2D eigenvalue weighted by atomic mass is 35.5. The third-order valence-corrected chi connectivity index (χ3v) is 5.34. The van der Waals surface area contributed by atoms with Crippen LogP contribution in [0.15, 0.2) is 66.7 Å². The topological polar surface area (TPSA) is 101 Å². The molecule has 0 aliphatic carbocycles. The highest BCUT2D eigenvalue weighted by Crippen LogP contribution is 2.29. The summed E-state index contributed by atoms with van der Waals surface area (Å²) in [6.45, 7) is 0. The van der Waals surface area contributed by atoms with Crippen molar-refractivity contribution in [3.63, 3.8) is 0 Å². The summed E-state index contributed by atoms with van der Waals surface area (Å²) < 4.78 is 20.4. The van der Waals surface area contributed by atoms with Gasteiger partial charge < -0.3 is 15.4 Å². The molecule has 3 amide bonds. The van der Waals surface area contributed by atoms with E-state index in [4.69, 9.17) is 27.9 Å². The molecule has 35 heavy (non-hydrogen) atoms. The molecule has 1 aromatic heterocycles. The molecule has 0 bridgehead atoms. The van der Waals surface area contributed by atoms with Crippen LogP contribution in [0.1, 0.15) is 10.5 Å². The maximum absolute atomic E-state index is 13.9. The van der Waals surface area contributed by atoms with Gasteiger partial charge in [0.15, 0.2) is 0 Å². The number of nitrogens with one attached hydrogen (secondary N) is 3. The predicted molar refractivity (Wildman–Crippen MR) is 132 cm³/mol. The van der Waals surface area contributed by atoms with Crippen LogP contribution in [0.2, 0.25) is 10.0 Å². The summed E-state index contributed by atoms with van der Waals surface area (Å²) in [6.07, 6.45) is 0. The molecule has 0 unspecified atom stereocenters. The first-order valence-corrected chi connectivity index (χ1v) is 10.8. The van der Waals surface area contributed by atoms with E-state index in [1.807, 2.05) is 0 Å². The molecule has 0 atom stereocenters. The fourth-order valence-corrected chi connectivity index (χ4v) is 3.92. The number of nitrogens with zero attached hydrogens (tertiary/aromatic N) is 1. The van der Waals surface area contributed by atoms with Crippen LogP contribution in [0.5, 0.6) is 5.75 Å². The zero-order chi connectivity index (χ0) is 25.1. The van der Waals surface area contributed by atoms with E-state index in [0.717, 1.165) is 10.7 Å². The van der Waals surface area contributed by atoms with Gasteiger partial charge in [0.1, 0.15) is 22.8 Å². The molecule has 0 saturated carbocycles. The number of amides is 3. The zero-order valence-corrected chi connectivity index (χ0v) is 19.6. The average Bonchev–Trinajstić information content (AvgIpc) is 3.18. The Morgan fingerprint density at radius 2 is 1.60 bits per heavy atom. The van der Waals surface area contributed by atoms with E-state index >= 15 is 0 Å². The Morgan fingerprint density at radius 3 is 2.29 bits per heavy atom. The van der Waals surface area contributed by atoms with Crippen LogP contribution in [0.25, 0.3) is 10.9 Å². The van der Waals surface area contributed by atoms with Crippen LogP contribution in [-0.2, 0) is 9.59 Å². The van der Waals surface area contributed by atoms with Crippen LogP contribution < -0.4 is 20.8 Å². The van der Waals surface area contributed by atoms with Crippen molar-refractivity contribution < 1.29 is 23.5 Å². The molecular formula is C24H17Cl2FN4O4. The number of anilines is 2. The number of ether oxygens (including phenoxy) is 1. The summed E-state index contributed by atoms with van der Waals surface area (Å²) in [6, 6.07) is 16.5. The smallest absolute Gasteiger partial charge is 0.328 e. The molecule has 0 spiro atoms. The number of benzene rings is 3. The fraction of sp³-hybridized carbons (Fsp3) is 0.0417. The van der Waals surface area contributed by atoms with Crippen molar-refractivity contribution in [1.82, 2.24) is 4.68 Å². The number of fused-ring (bicyclic) bond motifs is 1. The lowest BCUT2D eigenvalue weighted by Crippen LogP contribution is -2.36. The average molecular weight is 515 g/mol. The van der Waals surface area contributed by atoms with Gasteiger partial charge in [-0.25, -0.2) is 9.07 Å².